The Morgan fingerprint density at radius 2 is 2.24 bits per heavy atom. The zero-order valence-corrected chi connectivity index (χ0v) is 10.9. The van der Waals surface area contributed by atoms with Gasteiger partial charge < -0.3 is 0 Å². The van der Waals surface area contributed by atoms with Crippen molar-refractivity contribution in [2.75, 3.05) is 0 Å². The van der Waals surface area contributed by atoms with Crippen LogP contribution in [0, 0.1) is 0 Å². The van der Waals surface area contributed by atoms with Crippen molar-refractivity contribution in [1.82, 2.24) is 5.43 Å². The molecular formula is C14H18N2S. The number of rotatable bonds is 5. The van der Waals surface area contributed by atoms with E-state index in [4.69, 9.17) is 5.84 Å². The molecule has 0 saturated carbocycles. The van der Waals surface area contributed by atoms with Crippen LogP contribution in [0.1, 0.15) is 30.7 Å². The van der Waals surface area contributed by atoms with Gasteiger partial charge in [0.25, 0.3) is 0 Å². The first-order chi connectivity index (χ1) is 8.20. The summed E-state index contributed by atoms with van der Waals surface area (Å²) in [6, 6.07) is 10.9. The highest BCUT2D eigenvalue weighted by Crippen LogP contribution is 2.31. The van der Waals surface area contributed by atoms with Crippen molar-refractivity contribution in [3.05, 3.63) is 47.4 Å². The van der Waals surface area contributed by atoms with Crippen molar-refractivity contribution in [3.63, 3.8) is 0 Å². The van der Waals surface area contributed by atoms with Crippen molar-refractivity contribution in [3.8, 4) is 0 Å². The molecule has 1 heterocycles. The molecule has 0 aliphatic carbocycles. The van der Waals surface area contributed by atoms with Crippen LogP contribution in [0.5, 0.6) is 0 Å². The second kappa shape index (κ2) is 5.45. The zero-order valence-electron chi connectivity index (χ0n) is 10.1. The van der Waals surface area contributed by atoms with Crippen molar-refractivity contribution >= 4 is 21.4 Å². The van der Waals surface area contributed by atoms with Crippen LogP contribution in [-0.4, -0.2) is 0 Å². The lowest BCUT2D eigenvalue weighted by molar-refractivity contribution is 0.523. The maximum Gasteiger partial charge on any atom is 0.0556 e. The van der Waals surface area contributed by atoms with E-state index in [0.717, 1.165) is 12.8 Å². The summed E-state index contributed by atoms with van der Waals surface area (Å²) in [6.45, 7) is 5.99. The third-order valence-corrected chi connectivity index (χ3v) is 4.08. The van der Waals surface area contributed by atoms with Gasteiger partial charge in [0.05, 0.1) is 6.04 Å². The minimum Gasteiger partial charge on any atom is -0.271 e. The quantitative estimate of drug-likeness (QED) is 0.479. The molecule has 0 amide bonds. The number of nitrogens with two attached hydrogens (primary N) is 1. The van der Waals surface area contributed by atoms with Gasteiger partial charge in [0.1, 0.15) is 0 Å². The summed E-state index contributed by atoms with van der Waals surface area (Å²) in [5.41, 5.74) is 4.10. The topological polar surface area (TPSA) is 38.0 Å². The Morgan fingerprint density at radius 1 is 1.47 bits per heavy atom. The van der Waals surface area contributed by atoms with E-state index in [1.165, 1.54) is 20.5 Å². The molecule has 0 aliphatic rings. The van der Waals surface area contributed by atoms with Gasteiger partial charge in [-0.05, 0) is 37.3 Å². The van der Waals surface area contributed by atoms with Crippen LogP contribution in [0.4, 0.5) is 0 Å². The molecule has 0 fully saturated rings. The molecule has 1 unspecified atom stereocenters. The number of allylic oxidation sites excluding steroid dienone is 1. The molecule has 0 radical (unpaired) electrons. The average molecular weight is 246 g/mol. The SMILES string of the molecule is C=C(C)CCC(NN)c1cc2ccccc2s1. The summed E-state index contributed by atoms with van der Waals surface area (Å²) in [7, 11) is 0. The van der Waals surface area contributed by atoms with E-state index >= 15 is 0 Å². The molecule has 0 saturated heterocycles. The molecule has 3 N–H and O–H groups in total. The van der Waals surface area contributed by atoms with E-state index in [2.05, 4.69) is 49.3 Å². The first kappa shape index (κ1) is 12.3. The maximum absolute atomic E-state index is 5.64. The number of hydrogen-bond acceptors (Lipinski definition) is 3. The van der Waals surface area contributed by atoms with E-state index in [1.807, 2.05) is 11.3 Å². The Hall–Kier alpha value is -1.16. The van der Waals surface area contributed by atoms with Crippen LogP contribution in [-0.2, 0) is 0 Å². The number of thiophene rings is 1. The Balaban J connectivity index is 2.21. The molecule has 1 aromatic heterocycles. The molecule has 17 heavy (non-hydrogen) atoms. The van der Waals surface area contributed by atoms with Crippen LogP contribution >= 0.6 is 11.3 Å². The summed E-state index contributed by atoms with van der Waals surface area (Å²) in [5, 5.41) is 1.29. The second-order valence-electron chi connectivity index (χ2n) is 4.40. The van der Waals surface area contributed by atoms with Gasteiger partial charge in [0.15, 0.2) is 0 Å². The molecule has 2 aromatic rings. The normalized spacial score (nSPS) is 12.8. The fraction of sp³-hybridized carbons (Fsp3) is 0.286. The predicted octanol–water partition coefficient (Wildman–Crippen LogP) is 3.76. The molecule has 0 spiro atoms. The predicted molar refractivity (Wildman–Crippen MR) is 75.9 cm³/mol. The van der Waals surface area contributed by atoms with Crippen LogP contribution in [0.15, 0.2) is 42.5 Å². The smallest absolute Gasteiger partial charge is 0.0556 e. The van der Waals surface area contributed by atoms with Gasteiger partial charge in [-0.3, -0.25) is 11.3 Å². The van der Waals surface area contributed by atoms with Crippen molar-refractivity contribution in [2.24, 2.45) is 5.84 Å². The van der Waals surface area contributed by atoms with E-state index in [0.29, 0.717) is 0 Å². The summed E-state index contributed by atoms with van der Waals surface area (Å²) in [4.78, 5) is 1.30. The van der Waals surface area contributed by atoms with Crippen molar-refractivity contribution in [1.29, 1.82) is 0 Å². The first-order valence-corrected chi connectivity index (χ1v) is 6.61. The molecule has 1 aromatic carbocycles. The van der Waals surface area contributed by atoms with E-state index in [9.17, 15) is 0 Å². The highest BCUT2D eigenvalue weighted by atomic mass is 32.1. The largest absolute Gasteiger partial charge is 0.271 e. The summed E-state index contributed by atoms with van der Waals surface area (Å²) in [5.74, 6) is 5.64. The van der Waals surface area contributed by atoms with Gasteiger partial charge in [0.2, 0.25) is 0 Å². The minimum atomic E-state index is 0.226. The molecule has 2 rings (SSSR count). The maximum atomic E-state index is 5.64. The summed E-state index contributed by atoms with van der Waals surface area (Å²) in [6.07, 6.45) is 2.00. The van der Waals surface area contributed by atoms with Gasteiger partial charge in [-0.15, -0.1) is 17.9 Å². The first-order valence-electron chi connectivity index (χ1n) is 5.79. The number of hydrazine groups is 1. The molecule has 90 valence electrons. The zero-order chi connectivity index (χ0) is 12.3. The lowest BCUT2D eigenvalue weighted by atomic mass is 10.1. The average Bonchev–Trinajstić information content (AvgIpc) is 2.72. The summed E-state index contributed by atoms with van der Waals surface area (Å²) >= 11 is 1.81. The number of nitrogens with one attached hydrogen (secondary N) is 1. The number of hydrogen-bond donors (Lipinski definition) is 2. The molecule has 1 atom stereocenters. The Morgan fingerprint density at radius 3 is 2.88 bits per heavy atom. The van der Waals surface area contributed by atoms with Crippen molar-refractivity contribution in [2.45, 2.75) is 25.8 Å². The highest BCUT2D eigenvalue weighted by Gasteiger charge is 2.12. The molecule has 2 nitrogen and oxygen atoms in total. The van der Waals surface area contributed by atoms with Gasteiger partial charge in [0, 0.05) is 9.58 Å². The monoisotopic (exact) mass is 246 g/mol. The fourth-order valence-corrected chi connectivity index (χ4v) is 3.03. The van der Waals surface area contributed by atoms with E-state index < -0.39 is 0 Å². The third kappa shape index (κ3) is 2.94. The van der Waals surface area contributed by atoms with Gasteiger partial charge in [-0.1, -0.05) is 23.8 Å². The second-order valence-corrected chi connectivity index (χ2v) is 5.52. The molecular weight excluding hydrogens is 228 g/mol. The Bertz CT molecular complexity index is 483. The summed E-state index contributed by atoms with van der Waals surface area (Å²) < 4.78 is 1.32. The number of benzene rings is 1. The molecule has 0 bridgehead atoms. The third-order valence-electron chi connectivity index (χ3n) is 2.85. The molecule has 0 aliphatic heterocycles. The fourth-order valence-electron chi connectivity index (χ4n) is 1.87. The van der Waals surface area contributed by atoms with Crippen LogP contribution in [0.25, 0.3) is 10.1 Å². The van der Waals surface area contributed by atoms with Crippen molar-refractivity contribution < 1.29 is 0 Å². The van der Waals surface area contributed by atoms with E-state index in [-0.39, 0.29) is 6.04 Å². The van der Waals surface area contributed by atoms with Gasteiger partial charge in [-0.2, -0.15) is 0 Å². The Kier molecular flexibility index (Phi) is 3.94. The Labute approximate surface area is 106 Å². The van der Waals surface area contributed by atoms with Gasteiger partial charge in [-0.25, -0.2) is 0 Å². The highest BCUT2D eigenvalue weighted by molar-refractivity contribution is 7.19. The minimum absolute atomic E-state index is 0.226. The van der Waals surface area contributed by atoms with E-state index in [1.54, 1.807) is 0 Å². The standard InChI is InChI=1S/C14H18N2S/c1-10(2)7-8-12(16-15)14-9-11-5-3-4-6-13(11)17-14/h3-6,9,12,16H,1,7-8,15H2,2H3. The molecule has 3 heteroatoms. The van der Waals surface area contributed by atoms with Crippen LogP contribution in [0.3, 0.4) is 0 Å². The number of fused-ring (bicyclic) bond motifs is 1. The lowest BCUT2D eigenvalue weighted by Crippen LogP contribution is -2.27. The van der Waals surface area contributed by atoms with Crippen LogP contribution < -0.4 is 11.3 Å². The van der Waals surface area contributed by atoms with Crippen LogP contribution in [0.2, 0.25) is 0 Å². The van der Waals surface area contributed by atoms with Gasteiger partial charge >= 0.3 is 0 Å². The lowest BCUT2D eigenvalue weighted by Gasteiger charge is -2.13.